The molecule has 3 rings (SSSR count). The second-order valence-electron chi connectivity index (χ2n) is 6.96. The summed E-state index contributed by atoms with van der Waals surface area (Å²) in [5, 5.41) is 19.6. The van der Waals surface area contributed by atoms with E-state index in [2.05, 4.69) is 15.7 Å². The molecule has 0 saturated heterocycles. The van der Waals surface area contributed by atoms with Crippen molar-refractivity contribution >= 4 is 41.0 Å². The third-order valence-electron chi connectivity index (χ3n) is 4.51. The summed E-state index contributed by atoms with van der Waals surface area (Å²) < 4.78 is 5.37. The molecule has 0 unspecified atom stereocenters. The molecule has 0 fully saturated rings. The lowest BCUT2D eigenvalue weighted by molar-refractivity contribution is -0.384. The smallest absolute Gasteiger partial charge is 0.329 e. The minimum Gasteiger partial charge on any atom is -0.494 e. The molecule has 11 heteroatoms. The number of benzene rings is 3. The van der Waals surface area contributed by atoms with Gasteiger partial charge < -0.3 is 15.4 Å². The maximum absolute atomic E-state index is 12.7. The first-order valence-electron chi connectivity index (χ1n) is 10.4. The summed E-state index contributed by atoms with van der Waals surface area (Å²) in [6, 6.07) is 18.5. The average molecular weight is 475 g/mol. The van der Waals surface area contributed by atoms with Gasteiger partial charge in [-0.1, -0.05) is 24.3 Å². The van der Waals surface area contributed by atoms with Gasteiger partial charge >= 0.3 is 11.8 Å². The van der Waals surface area contributed by atoms with Gasteiger partial charge in [0.15, 0.2) is 0 Å². The predicted molar refractivity (Wildman–Crippen MR) is 129 cm³/mol. The van der Waals surface area contributed by atoms with Gasteiger partial charge in [0.1, 0.15) is 5.75 Å². The molecule has 35 heavy (non-hydrogen) atoms. The zero-order chi connectivity index (χ0) is 25.2. The molecule has 3 N–H and O–H groups in total. The molecule has 3 aromatic carbocycles. The fraction of sp³-hybridized carbons (Fsp3) is 0.0833. The van der Waals surface area contributed by atoms with Crippen LogP contribution in [0.3, 0.4) is 0 Å². The van der Waals surface area contributed by atoms with Gasteiger partial charge in [-0.25, -0.2) is 5.43 Å². The molecular formula is C24H21N5O6. The molecule has 3 aromatic rings. The standard InChI is InChI=1S/C24H21N5O6/c1-2-35-19-12-10-17(11-13-19)26-22(30)20-8-3-4-9-21(20)27-23(31)24(32)28-25-15-16-6-5-7-18(14-16)29(33)34/h3-15H,2H2,1H3,(H,26,30)(H,27,31)(H,28,32)/b25-15+. The van der Waals surface area contributed by atoms with Crippen molar-refractivity contribution in [2.45, 2.75) is 6.92 Å². The summed E-state index contributed by atoms with van der Waals surface area (Å²) in [5.74, 6) is -1.97. The number of nitrogens with zero attached hydrogens (tertiary/aromatic N) is 2. The van der Waals surface area contributed by atoms with Crippen LogP contribution in [-0.2, 0) is 9.59 Å². The monoisotopic (exact) mass is 475 g/mol. The number of amides is 3. The van der Waals surface area contributed by atoms with Crippen molar-refractivity contribution in [1.82, 2.24) is 5.43 Å². The number of nitro groups is 1. The van der Waals surface area contributed by atoms with Crippen LogP contribution in [0.1, 0.15) is 22.8 Å². The van der Waals surface area contributed by atoms with Crippen LogP contribution >= 0.6 is 0 Å². The Balaban J connectivity index is 1.62. The van der Waals surface area contributed by atoms with Crippen LogP contribution in [0.2, 0.25) is 0 Å². The molecule has 0 aromatic heterocycles. The minimum atomic E-state index is -1.09. The topological polar surface area (TPSA) is 152 Å². The SMILES string of the molecule is CCOc1ccc(NC(=O)c2ccccc2NC(=O)C(=O)N/N=C/c2cccc([N+](=O)[O-])c2)cc1. The van der Waals surface area contributed by atoms with Gasteiger partial charge in [-0.3, -0.25) is 24.5 Å². The molecule has 11 nitrogen and oxygen atoms in total. The van der Waals surface area contributed by atoms with E-state index in [-0.39, 0.29) is 16.9 Å². The molecule has 0 radical (unpaired) electrons. The Kier molecular flexibility index (Phi) is 8.22. The van der Waals surface area contributed by atoms with E-state index in [0.29, 0.717) is 23.6 Å². The molecular weight excluding hydrogens is 454 g/mol. The zero-order valence-corrected chi connectivity index (χ0v) is 18.6. The lowest BCUT2D eigenvalue weighted by Crippen LogP contribution is -2.33. The number of anilines is 2. The molecule has 3 amide bonds. The van der Waals surface area contributed by atoms with Crippen LogP contribution in [0, 0.1) is 10.1 Å². The molecule has 0 aliphatic rings. The highest BCUT2D eigenvalue weighted by Crippen LogP contribution is 2.20. The van der Waals surface area contributed by atoms with Crippen molar-refractivity contribution in [3.8, 4) is 5.75 Å². The third kappa shape index (κ3) is 6.96. The first kappa shape index (κ1) is 24.6. The second kappa shape index (κ2) is 11.7. The van der Waals surface area contributed by atoms with E-state index in [1.165, 1.54) is 30.3 Å². The molecule has 0 spiro atoms. The van der Waals surface area contributed by atoms with Crippen molar-refractivity contribution in [3.05, 3.63) is 94.0 Å². The number of carbonyl (C=O) groups excluding carboxylic acids is 3. The number of para-hydroxylation sites is 1. The summed E-state index contributed by atoms with van der Waals surface area (Å²) in [7, 11) is 0. The van der Waals surface area contributed by atoms with Crippen LogP contribution in [0.4, 0.5) is 17.1 Å². The largest absolute Gasteiger partial charge is 0.494 e. The Morgan fingerprint density at radius 1 is 0.971 bits per heavy atom. The Morgan fingerprint density at radius 3 is 2.43 bits per heavy atom. The highest BCUT2D eigenvalue weighted by atomic mass is 16.6. The quantitative estimate of drug-likeness (QED) is 0.197. The van der Waals surface area contributed by atoms with Crippen molar-refractivity contribution in [3.63, 3.8) is 0 Å². The van der Waals surface area contributed by atoms with Crippen LogP contribution in [0.15, 0.2) is 77.9 Å². The van der Waals surface area contributed by atoms with Crippen LogP contribution < -0.4 is 20.8 Å². The number of hydrazone groups is 1. The minimum absolute atomic E-state index is 0.124. The molecule has 178 valence electrons. The van der Waals surface area contributed by atoms with Crippen LogP contribution in [0.5, 0.6) is 5.75 Å². The lowest BCUT2D eigenvalue weighted by Gasteiger charge is -2.11. The number of hydrogen-bond acceptors (Lipinski definition) is 7. The first-order chi connectivity index (χ1) is 16.9. The molecule has 0 saturated carbocycles. The fourth-order valence-electron chi connectivity index (χ4n) is 2.90. The van der Waals surface area contributed by atoms with E-state index in [1.807, 2.05) is 12.3 Å². The summed E-state index contributed by atoms with van der Waals surface area (Å²) >= 11 is 0. The number of carbonyl (C=O) groups is 3. The van der Waals surface area contributed by atoms with Gasteiger partial charge in [0.25, 0.3) is 11.6 Å². The van der Waals surface area contributed by atoms with Gasteiger partial charge in [-0.05, 0) is 43.3 Å². The number of nitro benzene ring substituents is 1. The number of rotatable bonds is 8. The number of nitrogens with one attached hydrogen (secondary N) is 3. The highest BCUT2D eigenvalue weighted by Gasteiger charge is 2.18. The first-order valence-corrected chi connectivity index (χ1v) is 10.4. The predicted octanol–water partition coefficient (Wildman–Crippen LogP) is 3.33. The second-order valence-corrected chi connectivity index (χ2v) is 6.96. The van der Waals surface area contributed by atoms with Gasteiger partial charge in [0, 0.05) is 23.4 Å². The van der Waals surface area contributed by atoms with E-state index >= 15 is 0 Å². The lowest BCUT2D eigenvalue weighted by atomic mass is 10.1. The van der Waals surface area contributed by atoms with Crippen molar-refractivity contribution < 1.29 is 24.0 Å². The van der Waals surface area contributed by atoms with Crippen molar-refractivity contribution in [2.75, 3.05) is 17.2 Å². The molecule has 0 heterocycles. The zero-order valence-electron chi connectivity index (χ0n) is 18.6. The molecule has 0 bridgehead atoms. The highest BCUT2D eigenvalue weighted by molar-refractivity contribution is 6.40. The Bertz CT molecular complexity index is 1270. The van der Waals surface area contributed by atoms with Gasteiger partial charge in [0.2, 0.25) is 0 Å². The maximum atomic E-state index is 12.7. The fourth-order valence-corrected chi connectivity index (χ4v) is 2.90. The number of non-ortho nitro benzene ring substituents is 1. The van der Waals surface area contributed by atoms with Gasteiger partial charge in [-0.2, -0.15) is 5.10 Å². The van der Waals surface area contributed by atoms with Crippen LogP contribution in [-0.4, -0.2) is 35.5 Å². The summed E-state index contributed by atoms with van der Waals surface area (Å²) in [6.45, 7) is 2.39. The normalized spacial score (nSPS) is 10.4. The van der Waals surface area contributed by atoms with Gasteiger partial charge in [-0.15, -0.1) is 0 Å². The van der Waals surface area contributed by atoms with Crippen molar-refractivity contribution in [2.24, 2.45) is 5.10 Å². The average Bonchev–Trinajstić information content (AvgIpc) is 2.85. The van der Waals surface area contributed by atoms with E-state index in [9.17, 15) is 24.5 Å². The van der Waals surface area contributed by atoms with E-state index in [4.69, 9.17) is 4.74 Å². The Labute approximate surface area is 200 Å². The number of ether oxygens (including phenoxy) is 1. The Hall–Kier alpha value is -5.06. The Morgan fingerprint density at radius 2 is 1.71 bits per heavy atom. The van der Waals surface area contributed by atoms with E-state index in [1.54, 1.807) is 42.5 Å². The number of hydrogen-bond donors (Lipinski definition) is 3. The van der Waals surface area contributed by atoms with Crippen LogP contribution in [0.25, 0.3) is 0 Å². The maximum Gasteiger partial charge on any atom is 0.329 e. The molecule has 0 aliphatic carbocycles. The molecule has 0 aliphatic heterocycles. The van der Waals surface area contributed by atoms with Crippen molar-refractivity contribution in [1.29, 1.82) is 0 Å². The summed E-state index contributed by atoms with van der Waals surface area (Å²) in [5.41, 5.74) is 3.04. The third-order valence-corrected chi connectivity index (χ3v) is 4.51. The van der Waals surface area contributed by atoms with Gasteiger partial charge in [0.05, 0.1) is 29.0 Å². The molecule has 0 atom stereocenters. The van der Waals surface area contributed by atoms with E-state index < -0.39 is 22.6 Å². The summed E-state index contributed by atoms with van der Waals surface area (Å²) in [6.07, 6.45) is 1.16. The van der Waals surface area contributed by atoms with E-state index in [0.717, 1.165) is 6.21 Å². The summed E-state index contributed by atoms with van der Waals surface area (Å²) in [4.78, 5) is 47.4.